The summed E-state index contributed by atoms with van der Waals surface area (Å²) in [6.45, 7) is 0. The number of esters is 1. The number of nitrogens with two attached hydrogens (primary N) is 1. The number of fused-ring (bicyclic) bond motifs is 1. The summed E-state index contributed by atoms with van der Waals surface area (Å²) in [7, 11) is -2.53. The highest BCUT2D eigenvalue weighted by Crippen LogP contribution is 2.21. The van der Waals surface area contributed by atoms with Gasteiger partial charge in [0.2, 0.25) is 0 Å². The van der Waals surface area contributed by atoms with Crippen LogP contribution in [0.5, 0.6) is 0 Å². The molecular weight excluding hydrogens is 270 g/mol. The van der Waals surface area contributed by atoms with Gasteiger partial charge in [-0.25, -0.2) is 13.6 Å². The van der Waals surface area contributed by atoms with Crippen LogP contribution in [-0.2, 0) is 26.0 Å². The number of methoxy groups -OCH3 is 1. The maximum Gasteiger partial charge on any atom is 0.305 e. The van der Waals surface area contributed by atoms with Crippen LogP contribution >= 0.6 is 0 Å². The zero-order chi connectivity index (χ0) is 14.0. The van der Waals surface area contributed by atoms with Crippen molar-refractivity contribution in [2.45, 2.75) is 17.9 Å². The molecule has 0 aliphatic rings. The Hall–Kier alpha value is -1.93. The number of H-pyrrole nitrogens is 1. The van der Waals surface area contributed by atoms with Crippen molar-refractivity contribution in [1.82, 2.24) is 10.2 Å². The quantitative estimate of drug-likeness (QED) is 0.784. The Labute approximate surface area is 109 Å². The number of aryl methyl sites for hydroxylation is 1. The fourth-order valence-corrected chi connectivity index (χ4v) is 2.40. The third kappa shape index (κ3) is 2.91. The number of hydrogen-bond acceptors (Lipinski definition) is 5. The zero-order valence-electron chi connectivity index (χ0n) is 10.2. The van der Waals surface area contributed by atoms with Gasteiger partial charge in [0.05, 0.1) is 12.6 Å². The van der Waals surface area contributed by atoms with Crippen LogP contribution in [0.4, 0.5) is 0 Å². The largest absolute Gasteiger partial charge is 0.469 e. The summed E-state index contributed by atoms with van der Waals surface area (Å²) in [5.74, 6) is -0.320. The molecule has 1 aromatic heterocycles. The Balaban J connectivity index is 2.36. The maximum atomic E-state index is 11.4. The third-order valence-electron chi connectivity index (χ3n) is 2.71. The molecule has 7 nitrogen and oxygen atoms in total. The van der Waals surface area contributed by atoms with E-state index in [4.69, 9.17) is 5.14 Å². The fraction of sp³-hybridized carbons (Fsp3) is 0.273. The minimum Gasteiger partial charge on any atom is -0.469 e. The molecule has 0 saturated heterocycles. The minimum absolute atomic E-state index is 0.123. The van der Waals surface area contributed by atoms with Gasteiger partial charge in [-0.1, -0.05) is 6.07 Å². The van der Waals surface area contributed by atoms with Gasteiger partial charge in [-0.15, -0.1) is 0 Å². The Morgan fingerprint density at radius 1 is 1.47 bits per heavy atom. The van der Waals surface area contributed by atoms with Gasteiger partial charge in [0, 0.05) is 11.8 Å². The number of carbonyl (C=O) groups excluding carboxylic acids is 1. The van der Waals surface area contributed by atoms with E-state index in [2.05, 4.69) is 14.9 Å². The molecular formula is C11H13N3O4S. The van der Waals surface area contributed by atoms with E-state index in [1.807, 2.05) is 0 Å². The summed E-state index contributed by atoms with van der Waals surface area (Å²) in [4.78, 5) is 11.1. The number of sulfonamides is 1. The molecule has 102 valence electrons. The van der Waals surface area contributed by atoms with Crippen LogP contribution in [0.25, 0.3) is 10.9 Å². The van der Waals surface area contributed by atoms with Crippen LogP contribution in [0.2, 0.25) is 0 Å². The van der Waals surface area contributed by atoms with Crippen molar-refractivity contribution in [2.75, 3.05) is 7.11 Å². The second kappa shape index (κ2) is 4.98. The highest BCUT2D eigenvalue weighted by Gasteiger charge is 2.16. The van der Waals surface area contributed by atoms with Gasteiger partial charge in [-0.3, -0.25) is 9.89 Å². The predicted octanol–water partition coefficient (Wildman–Crippen LogP) is 0.316. The number of rotatable bonds is 4. The molecule has 2 aromatic rings. The van der Waals surface area contributed by atoms with Gasteiger partial charge in [0.25, 0.3) is 10.0 Å². The number of aromatic amines is 1. The molecule has 8 heteroatoms. The summed E-state index contributed by atoms with van der Waals surface area (Å²) in [5.41, 5.74) is 1.31. The lowest BCUT2D eigenvalue weighted by Crippen LogP contribution is -2.13. The molecule has 0 spiro atoms. The van der Waals surface area contributed by atoms with Crippen LogP contribution < -0.4 is 5.14 Å². The summed E-state index contributed by atoms with van der Waals surface area (Å²) in [5, 5.41) is 11.7. The van der Waals surface area contributed by atoms with E-state index in [9.17, 15) is 13.2 Å². The molecule has 0 radical (unpaired) electrons. The molecule has 0 unspecified atom stereocenters. The van der Waals surface area contributed by atoms with Gasteiger partial charge < -0.3 is 4.74 Å². The van der Waals surface area contributed by atoms with Gasteiger partial charge in [0.1, 0.15) is 0 Å². The molecule has 1 heterocycles. The lowest BCUT2D eigenvalue weighted by molar-refractivity contribution is -0.140. The summed E-state index contributed by atoms with van der Waals surface area (Å²) >= 11 is 0. The van der Waals surface area contributed by atoms with Gasteiger partial charge >= 0.3 is 5.97 Å². The first-order valence-corrected chi connectivity index (χ1v) is 7.03. The van der Waals surface area contributed by atoms with Crippen molar-refractivity contribution in [2.24, 2.45) is 5.14 Å². The van der Waals surface area contributed by atoms with Crippen molar-refractivity contribution in [3.05, 3.63) is 23.8 Å². The average Bonchev–Trinajstić information content (AvgIpc) is 2.78. The Morgan fingerprint density at radius 3 is 2.84 bits per heavy atom. The molecule has 19 heavy (non-hydrogen) atoms. The molecule has 0 fully saturated rings. The standard InChI is InChI=1S/C11H13N3O4S/c1-18-10(15)5-3-7-2-4-9-8(6-7)11(14-13-9)19(12,16)17/h2,4,6H,3,5H2,1H3,(H,13,14)(H2,12,16,17). The Morgan fingerprint density at radius 2 is 2.21 bits per heavy atom. The van der Waals surface area contributed by atoms with E-state index < -0.39 is 10.0 Å². The normalized spacial score (nSPS) is 11.7. The summed E-state index contributed by atoms with van der Waals surface area (Å²) in [6.07, 6.45) is 0.683. The first-order chi connectivity index (χ1) is 8.91. The number of hydrogen-bond donors (Lipinski definition) is 2. The van der Waals surface area contributed by atoms with Crippen LogP contribution in [0, 0.1) is 0 Å². The van der Waals surface area contributed by atoms with Crippen LogP contribution in [0.1, 0.15) is 12.0 Å². The molecule has 2 rings (SSSR count). The first-order valence-electron chi connectivity index (χ1n) is 5.48. The number of carbonyl (C=O) groups is 1. The monoisotopic (exact) mass is 283 g/mol. The van der Waals surface area contributed by atoms with Crippen molar-refractivity contribution >= 4 is 26.9 Å². The second-order valence-electron chi connectivity index (χ2n) is 4.03. The molecule has 0 saturated carbocycles. The van der Waals surface area contributed by atoms with Gasteiger partial charge in [-0.2, -0.15) is 5.10 Å². The number of nitrogens with zero attached hydrogens (tertiary/aromatic N) is 1. The van der Waals surface area contributed by atoms with Crippen LogP contribution in [0.15, 0.2) is 23.2 Å². The van der Waals surface area contributed by atoms with Crippen molar-refractivity contribution in [3.63, 3.8) is 0 Å². The highest BCUT2D eigenvalue weighted by molar-refractivity contribution is 7.89. The third-order valence-corrected chi connectivity index (χ3v) is 3.59. The maximum absolute atomic E-state index is 11.4. The van der Waals surface area contributed by atoms with Gasteiger partial charge in [-0.05, 0) is 24.1 Å². The molecule has 1 aromatic carbocycles. The van der Waals surface area contributed by atoms with Crippen LogP contribution in [0.3, 0.4) is 0 Å². The smallest absolute Gasteiger partial charge is 0.305 e. The Bertz CT molecular complexity index is 721. The van der Waals surface area contributed by atoms with Gasteiger partial charge in [0.15, 0.2) is 5.03 Å². The van der Waals surface area contributed by atoms with Crippen molar-refractivity contribution < 1.29 is 17.9 Å². The van der Waals surface area contributed by atoms with E-state index in [0.717, 1.165) is 5.56 Å². The molecule has 3 N–H and O–H groups in total. The lowest BCUT2D eigenvalue weighted by atomic mass is 10.1. The highest BCUT2D eigenvalue weighted by atomic mass is 32.2. The van der Waals surface area contributed by atoms with E-state index >= 15 is 0 Å². The number of benzene rings is 1. The minimum atomic E-state index is -3.85. The number of aromatic nitrogens is 2. The number of nitrogens with one attached hydrogen (secondary N) is 1. The topological polar surface area (TPSA) is 115 Å². The van der Waals surface area contributed by atoms with E-state index in [1.54, 1.807) is 18.2 Å². The van der Waals surface area contributed by atoms with E-state index in [0.29, 0.717) is 17.3 Å². The fourth-order valence-electron chi connectivity index (χ4n) is 1.75. The predicted molar refractivity (Wildman–Crippen MR) is 67.8 cm³/mol. The first kappa shape index (κ1) is 13.5. The second-order valence-corrected chi connectivity index (χ2v) is 5.52. The Kier molecular flexibility index (Phi) is 3.54. The molecule has 0 atom stereocenters. The van der Waals surface area contributed by atoms with Crippen LogP contribution in [-0.4, -0.2) is 31.7 Å². The van der Waals surface area contributed by atoms with E-state index in [1.165, 1.54) is 7.11 Å². The average molecular weight is 283 g/mol. The molecule has 0 amide bonds. The molecule has 0 aliphatic heterocycles. The number of primary sulfonamides is 1. The van der Waals surface area contributed by atoms with Crippen molar-refractivity contribution in [3.8, 4) is 0 Å². The SMILES string of the molecule is COC(=O)CCc1ccc2n[nH]c(S(N)(=O)=O)c2c1. The number of ether oxygens (including phenoxy) is 1. The summed E-state index contributed by atoms with van der Waals surface area (Å²) in [6, 6.07) is 5.10. The zero-order valence-corrected chi connectivity index (χ0v) is 11.0. The lowest BCUT2D eigenvalue weighted by Gasteiger charge is -2.01. The molecule has 0 aliphatic carbocycles. The van der Waals surface area contributed by atoms with Crippen molar-refractivity contribution in [1.29, 1.82) is 0 Å². The summed E-state index contributed by atoms with van der Waals surface area (Å²) < 4.78 is 27.3. The molecule has 0 bridgehead atoms. The van der Waals surface area contributed by atoms with E-state index in [-0.39, 0.29) is 17.4 Å².